The Labute approximate surface area is 203 Å². The number of pyridine rings is 1. The van der Waals surface area contributed by atoms with Crippen LogP contribution in [0.25, 0.3) is 22.4 Å². The molecule has 3 rings (SSSR count). The summed E-state index contributed by atoms with van der Waals surface area (Å²) in [5.41, 5.74) is 3.28. The Balaban J connectivity index is 1.71. The predicted octanol–water partition coefficient (Wildman–Crippen LogP) is 8.36. The van der Waals surface area contributed by atoms with Crippen LogP contribution in [0.1, 0.15) is 71.3 Å². The van der Waals surface area contributed by atoms with Gasteiger partial charge < -0.3 is 4.74 Å². The van der Waals surface area contributed by atoms with Gasteiger partial charge in [0.05, 0.1) is 5.69 Å². The first-order chi connectivity index (χ1) is 16.4. The van der Waals surface area contributed by atoms with Gasteiger partial charge in [0.1, 0.15) is 5.75 Å². The first-order valence-electron chi connectivity index (χ1n) is 12.5. The topological polar surface area (TPSA) is 39.2 Å². The van der Waals surface area contributed by atoms with Gasteiger partial charge in [0.2, 0.25) is 5.67 Å². The summed E-state index contributed by atoms with van der Waals surface area (Å²) in [7, 11) is 0. The quantitative estimate of drug-likeness (QED) is 0.154. The van der Waals surface area contributed by atoms with E-state index in [0.717, 1.165) is 28.8 Å². The molecular weight excluding hydrogens is 425 g/mol. The molecule has 0 bridgehead atoms. The molecule has 2 aromatic carbocycles. The molecule has 0 aliphatic heterocycles. The van der Waals surface area contributed by atoms with Crippen LogP contribution in [0.15, 0.2) is 66.9 Å². The van der Waals surface area contributed by atoms with Crippen LogP contribution in [0.2, 0.25) is 0 Å². The van der Waals surface area contributed by atoms with Gasteiger partial charge >= 0.3 is 5.97 Å². The molecule has 0 saturated heterocycles. The number of hydrogen-bond acceptors (Lipinski definition) is 3. The summed E-state index contributed by atoms with van der Waals surface area (Å²) >= 11 is 0. The highest BCUT2D eigenvalue weighted by Crippen LogP contribution is 2.32. The molecule has 0 saturated carbocycles. The summed E-state index contributed by atoms with van der Waals surface area (Å²) < 4.78 is 19.7. The first-order valence-corrected chi connectivity index (χ1v) is 12.5. The van der Waals surface area contributed by atoms with Crippen LogP contribution < -0.4 is 4.74 Å². The van der Waals surface area contributed by atoms with Crippen molar-refractivity contribution in [1.82, 2.24) is 4.98 Å². The molecule has 0 spiro atoms. The predicted molar refractivity (Wildman–Crippen MR) is 138 cm³/mol. The van der Waals surface area contributed by atoms with Gasteiger partial charge in [0.15, 0.2) is 0 Å². The Hall–Kier alpha value is -3.01. The summed E-state index contributed by atoms with van der Waals surface area (Å²) in [5, 5.41) is 0. The van der Waals surface area contributed by atoms with Crippen LogP contribution in [0.4, 0.5) is 4.39 Å². The number of halogens is 1. The average molecular weight is 462 g/mol. The number of esters is 1. The van der Waals surface area contributed by atoms with Crippen LogP contribution >= 0.6 is 0 Å². The number of ether oxygens (including phenoxy) is 1. The fourth-order valence-electron chi connectivity index (χ4n) is 4.11. The van der Waals surface area contributed by atoms with E-state index in [2.05, 4.69) is 31.2 Å². The maximum absolute atomic E-state index is 14.4. The van der Waals surface area contributed by atoms with Gasteiger partial charge in [-0.2, -0.15) is 0 Å². The Morgan fingerprint density at radius 1 is 0.882 bits per heavy atom. The van der Waals surface area contributed by atoms with Crippen molar-refractivity contribution in [3.05, 3.63) is 72.4 Å². The lowest BCUT2D eigenvalue weighted by atomic mass is 9.97. The van der Waals surface area contributed by atoms with E-state index in [1.807, 2.05) is 37.4 Å². The fourth-order valence-corrected chi connectivity index (χ4v) is 4.11. The minimum absolute atomic E-state index is 0.141. The molecule has 0 N–H and O–H groups in total. The minimum atomic E-state index is -1.98. The average Bonchev–Trinajstić information content (AvgIpc) is 2.85. The summed E-state index contributed by atoms with van der Waals surface area (Å²) in [6.45, 7) is 5.35. The van der Waals surface area contributed by atoms with Crippen LogP contribution in [0.3, 0.4) is 0 Å². The molecule has 0 aliphatic rings. The normalized spacial score (nSPS) is 12.8. The number of carbonyl (C=O) groups is 1. The maximum Gasteiger partial charge on any atom is 0.348 e. The summed E-state index contributed by atoms with van der Waals surface area (Å²) in [6, 6.07) is 19.6. The Bertz CT molecular complexity index is 1040. The molecule has 1 unspecified atom stereocenters. The zero-order valence-corrected chi connectivity index (χ0v) is 20.6. The summed E-state index contributed by atoms with van der Waals surface area (Å²) in [6.07, 6.45) is 10.1. The molecule has 3 aromatic rings. The number of unbranched alkanes of at least 4 members (excludes halogenated alkanes) is 4. The zero-order valence-electron chi connectivity index (χ0n) is 20.6. The number of aryl methyl sites for hydroxylation is 1. The number of benzene rings is 2. The van der Waals surface area contributed by atoms with Crippen molar-refractivity contribution in [2.45, 2.75) is 77.8 Å². The number of nitrogens with zero attached hydrogens (tertiary/aromatic N) is 1. The highest BCUT2D eigenvalue weighted by molar-refractivity contribution is 5.83. The molecule has 0 fully saturated rings. The zero-order chi connectivity index (χ0) is 24.4. The summed E-state index contributed by atoms with van der Waals surface area (Å²) in [5.74, 6) is -0.509. The monoisotopic (exact) mass is 461 g/mol. The largest absolute Gasteiger partial charge is 0.424 e. The number of alkyl halides is 1. The van der Waals surface area contributed by atoms with Crippen LogP contribution in [-0.4, -0.2) is 16.6 Å². The van der Waals surface area contributed by atoms with E-state index in [0.29, 0.717) is 12.2 Å². The molecule has 4 heteroatoms. The van der Waals surface area contributed by atoms with Gasteiger partial charge in [0.25, 0.3) is 0 Å². The van der Waals surface area contributed by atoms with Crippen molar-refractivity contribution < 1.29 is 13.9 Å². The van der Waals surface area contributed by atoms with E-state index in [9.17, 15) is 9.18 Å². The third-order valence-electron chi connectivity index (χ3n) is 6.12. The molecule has 0 amide bonds. The lowest BCUT2D eigenvalue weighted by Gasteiger charge is -2.17. The molecule has 1 atom stereocenters. The Kier molecular flexibility index (Phi) is 9.38. The van der Waals surface area contributed by atoms with Gasteiger partial charge in [-0.15, -0.1) is 0 Å². The number of hydrogen-bond donors (Lipinski definition) is 0. The molecule has 1 aromatic heterocycles. The number of aromatic nitrogens is 1. The van der Waals surface area contributed by atoms with E-state index in [1.165, 1.54) is 44.6 Å². The lowest BCUT2D eigenvalue weighted by Crippen LogP contribution is -2.34. The smallest absolute Gasteiger partial charge is 0.348 e. The van der Waals surface area contributed by atoms with Crippen molar-refractivity contribution in [3.8, 4) is 28.1 Å². The first kappa shape index (κ1) is 25.6. The second kappa shape index (κ2) is 12.5. The highest BCUT2D eigenvalue weighted by atomic mass is 19.1. The Morgan fingerprint density at radius 3 is 2.24 bits per heavy atom. The molecule has 180 valence electrons. The van der Waals surface area contributed by atoms with Gasteiger partial charge in [-0.3, -0.25) is 4.98 Å². The van der Waals surface area contributed by atoms with Gasteiger partial charge in [-0.25, -0.2) is 9.18 Å². The molecule has 0 aliphatic carbocycles. The molecule has 0 radical (unpaired) electrons. The van der Waals surface area contributed by atoms with E-state index in [-0.39, 0.29) is 6.42 Å². The third kappa shape index (κ3) is 6.99. The summed E-state index contributed by atoms with van der Waals surface area (Å²) in [4.78, 5) is 16.9. The van der Waals surface area contributed by atoms with Gasteiger partial charge in [-0.1, -0.05) is 88.4 Å². The molecule has 3 nitrogen and oxygen atoms in total. The third-order valence-corrected chi connectivity index (χ3v) is 6.12. The number of rotatable bonds is 12. The minimum Gasteiger partial charge on any atom is -0.424 e. The van der Waals surface area contributed by atoms with Gasteiger partial charge in [0, 0.05) is 11.8 Å². The maximum atomic E-state index is 14.4. The van der Waals surface area contributed by atoms with E-state index in [1.54, 1.807) is 12.1 Å². The molecule has 34 heavy (non-hydrogen) atoms. The second-order valence-electron chi connectivity index (χ2n) is 9.12. The fraction of sp³-hybridized carbons (Fsp3) is 0.400. The van der Waals surface area contributed by atoms with Crippen LogP contribution in [0.5, 0.6) is 5.75 Å². The second-order valence-corrected chi connectivity index (χ2v) is 9.12. The van der Waals surface area contributed by atoms with Crippen molar-refractivity contribution in [3.63, 3.8) is 0 Å². The van der Waals surface area contributed by atoms with E-state index >= 15 is 0 Å². The number of carbonyl (C=O) groups excluding carboxylic acids is 1. The van der Waals surface area contributed by atoms with Crippen molar-refractivity contribution >= 4 is 5.97 Å². The standard InChI is InChI=1S/C30H36FNO2/c1-4-6-7-8-9-12-23-15-20-28(32-22-23)27-14-11-10-13-26(27)24-16-18-25(19-17-24)34-29(33)30(3,31)21-5-2/h10-11,13-20,22H,4-9,12,21H2,1-3H3. The highest BCUT2D eigenvalue weighted by Gasteiger charge is 2.34. The van der Waals surface area contributed by atoms with E-state index < -0.39 is 11.6 Å². The van der Waals surface area contributed by atoms with Crippen LogP contribution in [0, 0.1) is 0 Å². The lowest BCUT2D eigenvalue weighted by molar-refractivity contribution is -0.147. The van der Waals surface area contributed by atoms with Crippen molar-refractivity contribution in [2.75, 3.05) is 0 Å². The molecular formula is C30H36FNO2. The van der Waals surface area contributed by atoms with Crippen LogP contribution in [-0.2, 0) is 11.2 Å². The van der Waals surface area contributed by atoms with Gasteiger partial charge in [-0.05, 0) is 61.1 Å². The Morgan fingerprint density at radius 2 is 1.59 bits per heavy atom. The van der Waals surface area contributed by atoms with Crippen molar-refractivity contribution in [1.29, 1.82) is 0 Å². The molecule has 1 heterocycles. The van der Waals surface area contributed by atoms with Crippen molar-refractivity contribution in [2.24, 2.45) is 0 Å². The SMILES string of the molecule is CCCCCCCc1ccc(-c2ccccc2-c2ccc(OC(=O)C(C)(F)CCC)cc2)nc1. The van der Waals surface area contributed by atoms with E-state index in [4.69, 9.17) is 9.72 Å².